The number of ether oxygens (including phenoxy) is 1. The molecule has 2 aliphatic carbocycles. The van der Waals surface area contributed by atoms with Crippen molar-refractivity contribution in [3.63, 3.8) is 0 Å². The largest absolute Gasteiger partial charge is 0.455 e. The van der Waals surface area contributed by atoms with Crippen LogP contribution in [0.2, 0.25) is 5.02 Å². The minimum atomic E-state index is -0.715. The fourth-order valence-electron chi connectivity index (χ4n) is 3.54. The van der Waals surface area contributed by atoms with Gasteiger partial charge in [0, 0.05) is 18.1 Å². The molecule has 7 heteroatoms. The predicted octanol–water partition coefficient (Wildman–Crippen LogP) is 2.43. The molecule has 0 unspecified atom stereocenters. The van der Waals surface area contributed by atoms with Crippen molar-refractivity contribution in [2.75, 3.05) is 20.2 Å². The third-order valence-electron chi connectivity index (χ3n) is 5.32. The number of likely N-dealkylation sites (N-methyl/N-ethyl adjacent to an activating group) is 1. The first-order valence-electron chi connectivity index (χ1n) is 9.37. The van der Waals surface area contributed by atoms with Gasteiger partial charge >= 0.3 is 5.97 Å². The number of amides is 2. The Kier molecular flexibility index (Phi) is 6.05. The zero-order valence-corrected chi connectivity index (χ0v) is 16.3. The summed E-state index contributed by atoms with van der Waals surface area (Å²) in [5.41, 5.74) is 0.159. The minimum Gasteiger partial charge on any atom is -0.455 e. The molecule has 1 aromatic carbocycles. The topological polar surface area (TPSA) is 75.7 Å². The van der Waals surface area contributed by atoms with Crippen LogP contribution in [0, 0.1) is 0 Å². The van der Waals surface area contributed by atoms with Crippen LogP contribution in [0.4, 0.5) is 0 Å². The lowest BCUT2D eigenvalue weighted by atomic mass is 9.79. The van der Waals surface area contributed by atoms with Gasteiger partial charge in [0.25, 0.3) is 5.91 Å². The van der Waals surface area contributed by atoms with Gasteiger partial charge in [-0.1, -0.05) is 36.6 Å². The minimum absolute atomic E-state index is 0.0325. The highest BCUT2D eigenvalue weighted by Gasteiger charge is 2.44. The predicted molar refractivity (Wildman–Crippen MR) is 101 cm³/mol. The van der Waals surface area contributed by atoms with E-state index in [2.05, 4.69) is 5.32 Å². The highest BCUT2D eigenvalue weighted by molar-refractivity contribution is 6.30. The van der Waals surface area contributed by atoms with E-state index >= 15 is 0 Å². The van der Waals surface area contributed by atoms with Gasteiger partial charge < -0.3 is 15.0 Å². The van der Waals surface area contributed by atoms with Crippen molar-refractivity contribution in [3.8, 4) is 0 Å². The van der Waals surface area contributed by atoms with Gasteiger partial charge in [-0.15, -0.1) is 0 Å². The SMILES string of the molecule is CN(CC(=O)NC1CC1)C(=O)COC(=O)C1(c2ccc(Cl)cc2)CCCC1. The summed E-state index contributed by atoms with van der Waals surface area (Å²) in [7, 11) is 1.53. The van der Waals surface area contributed by atoms with Crippen LogP contribution in [0.5, 0.6) is 0 Å². The van der Waals surface area contributed by atoms with Gasteiger partial charge in [0.1, 0.15) is 0 Å². The first-order chi connectivity index (χ1) is 12.9. The fourth-order valence-corrected chi connectivity index (χ4v) is 3.66. The second-order valence-electron chi connectivity index (χ2n) is 7.46. The Labute approximate surface area is 164 Å². The van der Waals surface area contributed by atoms with E-state index in [0.717, 1.165) is 31.2 Å². The van der Waals surface area contributed by atoms with Gasteiger partial charge in [0.05, 0.1) is 12.0 Å². The van der Waals surface area contributed by atoms with Crippen LogP contribution in [0.15, 0.2) is 24.3 Å². The number of hydrogen-bond donors (Lipinski definition) is 1. The van der Waals surface area contributed by atoms with Crippen molar-refractivity contribution >= 4 is 29.4 Å². The van der Waals surface area contributed by atoms with Crippen LogP contribution >= 0.6 is 11.6 Å². The second kappa shape index (κ2) is 8.30. The molecule has 0 spiro atoms. The number of benzene rings is 1. The van der Waals surface area contributed by atoms with Gasteiger partial charge in [-0.3, -0.25) is 14.4 Å². The first kappa shape index (κ1) is 19.7. The number of nitrogens with one attached hydrogen (secondary N) is 1. The summed E-state index contributed by atoms with van der Waals surface area (Å²) < 4.78 is 5.38. The van der Waals surface area contributed by atoms with Gasteiger partial charge in [0.15, 0.2) is 6.61 Å². The van der Waals surface area contributed by atoms with Crippen molar-refractivity contribution < 1.29 is 19.1 Å². The molecule has 0 aliphatic heterocycles. The highest BCUT2D eigenvalue weighted by atomic mass is 35.5. The van der Waals surface area contributed by atoms with Gasteiger partial charge in [-0.2, -0.15) is 0 Å². The number of esters is 1. The maximum Gasteiger partial charge on any atom is 0.317 e. The van der Waals surface area contributed by atoms with Crippen molar-refractivity contribution in [2.24, 2.45) is 0 Å². The van der Waals surface area contributed by atoms with Gasteiger partial charge in [0.2, 0.25) is 5.91 Å². The molecule has 3 rings (SSSR count). The lowest BCUT2D eigenvalue weighted by Crippen LogP contribution is -2.42. The molecule has 0 atom stereocenters. The van der Waals surface area contributed by atoms with Gasteiger partial charge in [-0.25, -0.2) is 0 Å². The summed E-state index contributed by atoms with van der Waals surface area (Å²) in [6.45, 7) is -0.392. The molecule has 2 fully saturated rings. The molecule has 2 amide bonds. The molecule has 2 aliphatic rings. The molecule has 27 heavy (non-hydrogen) atoms. The molecule has 1 aromatic rings. The van der Waals surface area contributed by atoms with Crippen LogP contribution in [0.3, 0.4) is 0 Å². The van der Waals surface area contributed by atoms with Crippen LogP contribution < -0.4 is 5.32 Å². The Balaban J connectivity index is 1.56. The molecule has 0 radical (unpaired) electrons. The maximum absolute atomic E-state index is 12.9. The standard InChI is InChI=1S/C20H25ClN2O4/c1-23(12-17(24)22-16-8-9-16)18(25)13-27-19(26)20(10-2-3-11-20)14-4-6-15(21)7-5-14/h4-7,16H,2-3,8-13H2,1H3,(H,22,24). The van der Waals surface area contributed by atoms with Crippen molar-refractivity contribution in [1.82, 2.24) is 10.2 Å². The molecule has 146 valence electrons. The summed E-state index contributed by atoms with van der Waals surface area (Å²) in [5, 5.41) is 3.44. The number of nitrogens with zero attached hydrogens (tertiary/aromatic N) is 1. The number of rotatable bonds is 7. The van der Waals surface area contributed by atoms with E-state index in [1.807, 2.05) is 12.1 Å². The van der Waals surface area contributed by atoms with E-state index in [9.17, 15) is 14.4 Å². The Morgan fingerprint density at radius 2 is 1.81 bits per heavy atom. The average Bonchev–Trinajstić information content (AvgIpc) is 3.31. The third-order valence-corrected chi connectivity index (χ3v) is 5.57. The van der Waals surface area contributed by atoms with Crippen LogP contribution in [0.1, 0.15) is 44.1 Å². The molecule has 0 saturated heterocycles. The second-order valence-corrected chi connectivity index (χ2v) is 7.90. The van der Waals surface area contributed by atoms with E-state index in [4.69, 9.17) is 16.3 Å². The number of hydrogen-bond acceptors (Lipinski definition) is 4. The van der Waals surface area contributed by atoms with Crippen molar-refractivity contribution in [1.29, 1.82) is 0 Å². The Morgan fingerprint density at radius 3 is 2.41 bits per heavy atom. The van der Waals surface area contributed by atoms with Crippen molar-refractivity contribution in [3.05, 3.63) is 34.9 Å². The van der Waals surface area contributed by atoms with E-state index < -0.39 is 11.3 Å². The van der Waals surface area contributed by atoms with Crippen LogP contribution in [-0.2, 0) is 24.5 Å². The monoisotopic (exact) mass is 392 g/mol. The van der Waals surface area contributed by atoms with Crippen LogP contribution in [0.25, 0.3) is 0 Å². The van der Waals surface area contributed by atoms with E-state index in [0.29, 0.717) is 17.9 Å². The molecule has 2 saturated carbocycles. The lowest BCUT2D eigenvalue weighted by molar-refractivity contribution is -0.157. The summed E-state index contributed by atoms with van der Waals surface area (Å²) in [5.74, 6) is -0.960. The van der Waals surface area contributed by atoms with E-state index in [1.165, 1.54) is 11.9 Å². The third kappa shape index (κ3) is 4.80. The highest BCUT2D eigenvalue weighted by Crippen LogP contribution is 2.42. The summed E-state index contributed by atoms with van der Waals surface area (Å²) in [6.07, 6.45) is 5.25. The number of halogens is 1. The summed E-state index contributed by atoms with van der Waals surface area (Å²) in [6, 6.07) is 7.49. The smallest absolute Gasteiger partial charge is 0.317 e. The average molecular weight is 393 g/mol. The molecular weight excluding hydrogens is 368 g/mol. The Morgan fingerprint density at radius 1 is 1.19 bits per heavy atom. The van der Waals surface area contributed by atoms with Crippen molar-refractivity contribution in [2.45, 2.75) is 50.0 Å². The van der Waals surface area contributed by atoms with E-state index in [-0.39, 0.29) is 31.1 Å². The molecule has 0 heterocycles. The fraction of sp³-hybridized carbons (Fsp3) is 0.550. The molecule has 6 nitrogen and oxygen atoms in total. The maximum atomic E-state index is 12.9. The zero-order valence-electron chi connectivity index (χ0n) is 15.5. The Hall–Kier alpha value is -2.08. The summed E-state index contributed by atoms with van der Waals surface area (Å²) >= 11 is 5.96. The van der Waals surface area contributed by atoms with Crippen LogP contribution in [-0.4, -0.2) is 48.9 Å². The van der Waals surface area contributed by atoms with E-state index in [1.54, 1.807) is 12.1 Å². The first-order valence-corrected chi connectivity index (χ1v) is 9.75. The zero-order chi connectivity index (χ0) is 19.4. The lowest BCUT2D eigenvalue weighted by Gasteiger charge is -2.27. The normalized spacial score (nSPS) is 18.0. The van der Waals surface area contributed by atoms with Gasteiger partial charge in [-0.05, 0) is 43.4 Å². The molecular formula is C20H25ClN2O4. The quantitative estimate of drug-likeness (QED) is 0.723. The Bertz CT molecular complexity index is 709. The molecule has 1 N–H and O–H groups in total. The summed E-state index contributed by atoms with van der Waals surface area (Å²) in [4.78, 5) is 38.2. The molecule has 0 aromatic heterocycles. The molecule has 0 bridgehead atoms. The number of carbonyl (C=O) groups is 3. The number of carbonyl (C=O) groups excluding carboxylic acids is 3.